The van der Waals surface area contributed by atoms with Crippen molar-refractivity contribution < 1.29 is 9.53 Å². The van der Waals surface area contributed by atoms with Crippen molar-refractivity contribution in [1.82, 2.24) is 14.9 Å². The van der Waals surface area contributed by atoms with Gasteiger partial charge in [-0.15, -0.1) is 22.7 Å². The van der Waals surface area contributed by atoms with E-state index in [0.717, 1.165) is 29.2 Å². The van der Waals surface area contributed by atoms with Crippen molar-refractivity contribution in [2.45, 2.75) is 38.6 Å². The summed E-state index contributed by atoms with van der Waals surface area (Å²) in [6, 6.07) is -0.228. The first-order valence-electron chi connectivity index (χ1n) is 8.26. The van der Waals surface area contributed by atoms with Gasteiger partial charge in [-0.05, 0) is 32.6 Å². The Hall–Kier alpha value is -1.51. The zero-order valence-electron chi connectivity index (χ0n) is 13.6. The minimum Gasteiger partial charge on any atom is -0.377 e. The van der Waals surface area contributed by atoms with Crippen LogP contribution >= 0.6 is 22.7 Å². The van der Waals surface area contributed by atoms with E-state index < -0.39 is 0 Å². The second kappa shape index (κ2) is 6.78. The lowest BCUT2D eigenvalue weighted by Gasteiger charge is -2.34. The van der Waals surface area contributed by atoms with Gasteiger partial charge in [0.25, 0.3) is 0 Å². The molecule has 1 saturated heterocycles. The standard InChI is InChI=1S/C16H20N4O2S2/c1-10-9-23-14(17-10)12-8-22-7-6-20(12)16(21)19-15-18-11-4-2-3-5-13(11)24-15/h9,12H,2-8H2,1H3,(H,18,19,21). The van der Waals surface area contributed by atoms with Crippen molar-refractivity contribution in [3.05, 3.63) is 26.7 Å². The Morgan fingerprint density at radius 2 is 2.25 bits per heavy atom. The first-order chi connectivity index (χ1) is 11.7. The number of amides is 2. The van der Waals surface area contributed by atoms with Gasteiger partial charge in [-0.1, -0.05) is 0 Å². The molecule has 0 aromatic carbocycles. The highest BCUT2D eigenvalue weighted by atomic mass is 32.1. The second-order valence-electron chi connectivity index (χ2n) is 6.14. The summed E-state index contributed by atoms with van der Waals surface area (Å²) < 4.78 is 5.57. The highest BCUT2D eigenvalue weighted by molar-refractivity contribution is 7.15. The number of morpholine rings is 1. The summed E-state index contributed by atoms with van der Waals surface area (Å²) in [5.41, 5.74) is 2.14. The predicted octanol–water partition coefficient (Wildman–Crippen LogP) is 3.39. The Kier molecular flexibility index (Phi) is 4.51. The van der Waals surface area contributed by atoms with E-state index in [4.69, 9.17) is 4.74 Å². The van der Waals surface area contributed by atoms with Crippen LogP contribution in [0.3, 0.4) is 0 Å². The number of ether oxygens (including phenoxy) is 1. The summed E-state index contributed by atoms with van der Waals surface area (Å²) in [5.74, 6) is 0. The van der Waals surface area contributed by atoms with Gasteiger partial charge in [0.1, 0.15) is 11.0 Å². The van der Waals surface area contributed by atoms with E-state index in [-0.39, 0.29) is 12.1 Å². The van der Waals surface area contributed by atoms with Crippen LogP contribution < -0.4 is 5.32 Å². The number of hydrogen-bond acceptors (Lipinski definition) is 6. The molecule has 0 saturated carbocycles. The Balaban J connectivity index is 1.50. The fraction of sp³-hybridized carbons (Fsp3) is 0.562. The summed E-state index contributed by atoms with van der Waals surface area (Å²) in [6.45, 7) is 3.59. The van der Waals surface area contributed by atoms with Crippen molar-refractivity contribution in [2.24, 2.45) is 0 Å². The molecule has 128 valence electrons. The third-order valence-electron chi connectivity index (χ3n) is 4.37. The number of nitrogens with zero attached hydrogens (tertiary/aromatic N) is 3. The summed E-state index contributed by atoms with van der Waals surface area (Å²) in [6.07, 6.45) is 4.53. The van der Waals surface area contributed by atoms with Crippen molar-refractivity contribution in [2.75, 3.05) is 25.1 Å². The molecule has 1 atom stereocenters. The molecule has 2 aromatic rings. The molecule has 1 unspecified atom stereocenters. The molecule has 24 heavy (non-hydrogen) atoms. The van der Waals surface area contributed by atoms with Gasteiger partial charge < -0.3 is 9.64 Å². The van der Waals surface area contributed by atoms with Crippen LogP contribution in [0.25, 0.3) is 0 Å². The van der Waals surface area contributed by atoms with Crippen LogP contribution in [-0.2, 0) is 17.6 Å². The van der Waals surface area contributed by atoms with E-state index in [2.05, 4.69) is 15.3 Å². The maximum atomic E-state index is 12.8. The van der Waals surface area contributed by atoms with Crippen LogP contribution in [0.15, 0.2) is 5.38 Å². The minimum absolute atomic E-state index is 0.109. The zero-order valence-corrected chi connectivity index (χ0v) is 15.2. The van der Waals surface area contributed by atoms with Gasteiger partial charge in [0.2, 0.25) is 0 Å². The fourth-order valence-corrected chi connectivity index (χ4v) is 5.08. The first-order valence-corrected chi connectivity index (χ1v) is 9.96. The summed E-state index contributed by atoms with van der Waals surface area (Å²) >= 11 is 3.19. The monoisotopic (exact) mass is 364 g/mol. The number of aromatic nitrogens is 2. The lowest BCUT2D eigenvalue weighted by molar-refractivity contribution is 0.0147. The van der Waals surface area contributed by atoms with E-state index in [1.165, 1.54) is 17.7 Å². The molecule has 1 aliphatic heterocycles. The van der Waals surface area contributed by atoms with Crippen molar-refractivity contribution >= 4 is 33.8 Å². The van der Waals surface area contributed by atoms with Crippen LogP contribution in [0.4, 0.5) is 9.93 Å². The Bertz CT molecular complexity index is 719. The molecule has 4 rings (SSSR count). The highest BCUT2D eigenvalue weighted by Crippen LogP contribution is 2.31. The van der Waals surface area contributed by atoms with Crippen LogP contribution in [0, 0.1) is 6.92 Å². The molecule has 2 amide bonds. The molecule has 2 aromatic heterocycles. The van der Waals surface area contributed by atoms with E-state index in [1.54, 1.807) is 22.7 Å². The number of thiazole rings is 2. The number of nitrogens with one attached hydrogen (secondary N) is 1. The quantitative estimate of drug-likeness (QED) is 0.887. The predicted molar refractivity (Wildman–Crippen MR) is 94.9 cm³/mol. The van der Waals surface area contributed by atoms with Gasteiger partial charge in [0.15, 0.2) is 5.13 Å². The molecule has 0 bridgehead atoms. The Labute approximate surface area is 148 Å². The van der Waals surface area contributed by atoms with E-state index in [1.807, 2.05) is 17.2 Å². The average Bonchev–Trinajstić information content (AvgIpc) is 3.20. The number of anilines is 1. The molecular weight excluding hydrogens is 344 g/mol. The topological polar surface area (TPSA) is 67.3 Å². The molecule has 2 aliphatic rings. The second-order valence-corrected chi connectivity index (χ2v) is 8.11. The Morgan fingerprint density at radius 1 is 1.38 bits per heavy atom. The molecule has 0 spiro atoms. The molecule has 0 radical (unpaired) electrons. The average molecular weight is 364 g/mol. The molecule has 1 N–H and O–H groups in total. The van der Waals surface area contributed by atoms with Crippen molar-refractivity contribution in [3.8, 4) is 0 Å². The number of rotatable bonds is 2. The molecule has 6 nitrogen and oxygen atoms in total. The van der Waals surface area contributed by atoms with E-state index in [0.29, 0.717) is 24.9 Å². The SMILES string of the molecule is Cc1csc(C2COCCN2C(=O)Nc2nc3c(s2)CCCC3)n1. The third kappa shape index (κ3) is 3.18. The van der Waals surface area contributed by atoms with E-state index in [9.17, 15) is 4.79 Å². The maximum absolute atomic E-state index is 12.8. The summed E-state index contributed by atoms with van der Waals surface area (Å²) in [7, 11) is 0. The molecule has 8 heteroatoms. The maximum Gasteiger partial charge on any atom is 0.324 e. The number of carbonyl (C=O) groups is 1. The largest absolute Gasteiger partial charge is 0.377 e. The lowest BCUT2D eigenvalue weighted by Crippen LogP contribution is -2.45. The molecule has 3 heterocycles. The zero-order chi connectivity index (χ0) is 16.5. The molecular formula is C16H20N4O2S2. The molecule has 1 aliphatic carbocycles. The number of fused-ring (bicyclic) bond motifs is 1. The van der Waals surface area contributed by atoms with Crippen molar-refractivity contribution in [1.29, 1.82) is 0 Å². The lowest BCUT2D eigenvalue weighted by atomic mass is 10.0. The van der Waals surface area contributed by atoms with Gasteiger partial charge >= 0.3 is 6.03 Å². The number of carbonyl (C=O) groups excluding carboxylic acids is 1. The van der Waals surface area contributed by atoms with Gasteiger partial charge in [0.05, 0.1) is 18.9 Å². The third-order valence-corrected chi connectivity index (χ3v) is 6.51. The molecule has 1 fully saturated rings. The van der Waals surface area contributed by atoms with Gasteiger partial charge in [-0.2, -0.15) is 0 Å². The van der Waals surface area contributed by atoms with Crippen LogP contribution in [-0.4, -0.2) is 40.7 Å². The normalized spacial score (nSPS) is 20.7. The summed E-state index contributed by atoms with van der Waals surface area (Å²) in [5, 5.41) is 6.65. The Morgan fingerprint density at radius 3 is 3.04 bits per heavy atom. The minimum atomic E-state index is -0.118. The number of aryl methyl sites for hydroxylation is 3. The van der Waals surface area contributed by atoms with Crippen LogP contribution in [0.5, 0.6) is 0 Å². The number of hydrogen-bond donors (Lipinski definition) is 1. The number of urea groups is 1. The highest BCUT2D eigenvalue weighted by Gasteiger charge is 2.31. The van der Waals surface area contributed by atoms with Crippen LogP contribution in [0.1, 0.15) is 40.2 Å². The smallest absolute Gasteiger partial charge is 0.324 e. The van der Waals surface area contributed by atoms with Crippen LogP contribution in [0.2, 0.25) is 0 Å². The van der Waals surface area contributed by atoms with Crippen molar-refractivity contribution in [3.63, 3.8) is 0 Å². The summed E-state index contributed by atoms with van der Waals surface area (Å²) in [4.78, 5) is 25.1. The van der Waals surface area contributed by atoms with E-state index >= 15 is 0 Å². The van der Waals surface area contributed by atoms with Gasteiger partial charge in [0, 0.05) is 22.5 Å². The fourth-order valence-electron chi connectivity index (χ4n) is 3.15. The van der Waals surface area contributed by atoms with Gasteiger partial charge in [-0.25, -0.2) is 14.8 Å². The van der Waals surface area contributed by atoms with Gasteiger partial charge in [-0.3, -0.25) is 5.32 Å². The first kappa shape index (κ1) is 16.0.